The number of nitrogens with zero attached hydrogens (tertiary/aromatic N) is 2. The molecule has 0 fully saturated rings. The Balaban J connectivity index is 0.00000372. The van der Waals surface area contributed by atoms with E-state index in [1.165, 1.54) is 22.3 Å². The van der Waals surface area contributed by atoms with Crippen molar-refractivity contribution in [3.63, 3.8) is 0 Å². The van der Waals surface area contributed by atoms with E-state index in [9.17, 15) is 0 Å². The quantitative estimate of drug-likeness (QED) is 0.150. The highest BCUT2D eigenvalue weighted by atomic mass is 35.5. The van der Waals surface area contributed by atoms with E-state index in [-0.39, 0.29) is 18.4 Å². The van der Waals surface area contributed by atoms with Crippen molar-refractivity contribution in [3.8, 4) is 11.1 Å². The molecule has 46 heavy (non-hydrogen) atoms. The second-order valence-corrected chi connectivity index (χ2v) is 12.1. The summed E-state index contributed by atoms with van der Waals surface area (Å²) in [7, 11) is 0. The fourth-order valence-corrected chi connectivity index (χ4v) is 7.17. The first-order valence-electron chi connectivity index (χ1n) is 15.1. The smallest absolute Gasteiger partial charge is 0.119 e. The number of halogens is 3. The molecule has 1 unspecified atom stereocenters. The fourth-order valence-electron chi connectivity index (χ4n) is 6.63. The van der Waals surface area contributed by atoms with Gasteiger partial charge in [0.05, 0.1) is 12.7 Å². The van der Waals surface area contributed by atoms with Gasteiger partial charge >= 0.3 is 0 Å². The van der Waals surface area contributed by atoms with E-state index in [4.69, 9.17) is 23.2 Å². The summed E-state index contributed by atoms with van der Waals surface area (Å²) in [6, 6.07) is 57.3. The summed E-state index contributed by atoms with van der Waals surface area (Å²) in [5.41, 5.74) is 7.37. The number of hydrogen-bond acceptors (Lipinski definition) is 2. The zero-order valence-electron chi connectivity index (χ0n) is 25.1. The van der Waals surface area contributed by atoms with Crippen LogP contribution in [0.15, 0.2) is 176 Å². The lowest BCUT2D eigenvalue weighted by molar-refractivity contribution is 0.162. The van der Waals surface area contributed by atoms with Gasteiger partial charge in [-0.3, -0.25) is 0 Å². The highest BCUT2D eigenvalue weighted by Gasteiger charge is 2.45. The largest absolute Gasteiger partial charge is 0.347 e. The van der Waals surface area contributed by atoms with Gasteiger partial charge < -0.3 is 9.80 Å². The van der Waals surface area contributed by atoms with Gasteiger partial charge in [0.25, 0.3) is 0 Å². The molecular formula is C41H33Cl3N2. The van der Waals surface area contributed by atoms with Crippen LogP contribution in [0.1, 0.15) is 33.9 Å². The fraction of sp³-hybridized carbons (Fsp3) is 0.0732. The van der Waals surface area contributed by atoms with Crippen LogP contribution in [0.3, 0.4) is 0 Å². The second-order valence-electron chi connectivity index (χ2n) is 11.3. The van der Waals surface area contributed by atoms with E-state index >= 15 is 0 Å². The minimum absolute atomic E-state index is 0. The Morgan fingerprint density at radius 1 is 0.522 bits per heavy atom. The molecule has 0 radical (unpaired) electrons. The standard InChI is InChI=1S/C41H32Cl2N2.ClH/c42-37-25-26-38(39(43)29-37)41(35-17-9-3-10-18-35,36-19-11-4-12-20-36)45-28-27-44(30-45)40(33-15-7-2-8-16-33)34-23-21-32(22-24-34)31-13-5-1-6-14-31;/h1-29,40H,30H2;1H. The summed E-state index contributed by atoms with van der Waals surface area (Å²) in [6.07, 6.45) is 4.42. The van der Waals surface area contributed by atoms with Gasteiger partial charge in [0.1, 0.15) is 5.54 Å². The molecule has 6 aromatic rings. The Labute approximate surface area is 287 Å². The van der Waals surface area contributed by atoms with Gasteiger partial charge in [0.2, 0.25) is 0 Å². The van der Waals surface area contributed by atoms with Crippen molar-refractivity contribution in [2.45, 2.75) is 11.6 Å². The number of benzene rings is 6. The SMILES string of the molecule is Cl.Clc1ccc(C(c2ccccc2)(c2ccccc2)N2C=CN(C(c3ccccc3)c3ccc(-c4ccccc4)cc3)C2)c(Cl)c1. The molecule has 6 aromatic carbocycles. The summed E-state index contributed by atoms with van der Waals surface area (Å²) in [4.78, 5) is 4.82. The van der Waals surface area contributed by atoms with E-state index in [0.29, 0.717) is 16.7 Å². The molecule has 0 aliphatic carbocycles. The number of rotatable bonds is 8. The Hall–Kier alpha value is -4.47. The molecule has 1 aliphatic heterocycles. The van der Waals surface area contributed by atoms with Crippen LogP contribution in [0.2, 0.25) is 10.0 Å². The monoisotopic (exact) mass is 658 g/mol. The topological polar surface area (TPSA) is 6.48 Å². The molecule has 0 aromatic heterocycles. The molecule has 228 valence electrons. The molecule has 0 saturated heterocycles. The molecule has 1 aliphatic rings. The van der Waals surface area contributed by atoms with Gasteiger partial charge in [-0.1, -0.05) is 175 Å². The lowest BCUT2D eigenvalue weighted by atomic mass is 9.76. The van der Waals surface area contributed by atoms with Crippen molar-refractivity contribution in [1.29, 1.82) is 0 Å². The Morgan fingerprint density at radius 3 is 1.59 bits per heavy atom. The van der Waals surface area contributed by atoms with Crippen LogP contribution in [0.5, 0.6) is 0 Å². The van der Waals surface area contributed by atoms with E-state index in [2.05, 4.69) is 174 Å². The highest BCUT2D eigenvalue weighted by Crippen LogP contribution is 2.48. The van der Waals surface area contributed by atoms with E-state index in [1.807, 2.05) is 12.1 Å². The summed E-state index contributed by atoms with van der Waals surface area (Å²) >= 11 is 13.5. The Morgan fingerprint density at radius 2 is 1.02 bits per heavy atom. The van der Waals surface area contributed by atoms with Gasteiger partial charge in [0.15, 0.2) is 0 Å². The van der Waals surface area contributed by atoms with Gasteiger partial charge in [-0.05, 0) is 45.5 Å². The molecule has 0 N–H and O–H groups in total. The predicted octanol–water partition coefficient (Wildman–Crippen LogP) is 11.2. The maximum absolute atomic E-state index is 7.10. The first-order valence-corrected chi connectivity index (χ1v) is 15.9. The molecular weight excluding hydrogens is 627 g/mol. The van der Waals surface area contributed by atoms with Crippen LogP contribution >= 0.6 is 35.6 Å². The maximum Gasteiger partial charge on any atom is 0.119 e. The molecule has 7 rings (SSSR count). The molecule has 1 atom stereocenters. The van der Waals surface area contributed by atoms with Crippen LogP contribution < -0.4 is 0 Å². The van der Waals surface area contributed by atoms with Crippen molar-refractivity contribution >= 4 is 35.6 Å². The zero-order valence-corrected chi connectivity index (χ0v) is 27.4. The normalized spacial score (nSPS) is 13.3. The molecule has 0 amide bonds. The molecule has 1 heterocycles. The molecule has 0 spiro atoms. The second kappa shape index (κ2) is 13.9. The minimum Gasteiger partial charge on any atom is -0.347 e. The van der Waals surface area contributed by atoms with Crippen LogP contribution in [-0.4, -0.2) is 16.5 Å². The lowest BCUT2D eigenvalue weighted by Gasteiger charge is -2.45. The van der Waals surface area contributed by atoms with E-state index < -0.39 is 5.54 Å². The Bertz CT molecular complexity index is 1860. The summed E-state index contributed by atoms with van der Waals surface area (Å²) in [5.74, 6) is 0. The third-order valence-electron chi connectivity index (χ3n) is 8.67. The Kier molecular flexibility index (Phi) is 9.51. The van der Waals surface area contributed by atoms with E-state index in [1.54, 1.807) is 0 Å². The van der Waals surface area contributed by atoms with Gasteiger partial charge in [-0.25, -0.2) is 0 Å². The highest BCUT2D eigenvalue weighted by molar-refractivity contribution is 6.35. The summed E-state index contributed by atoms with van der Waals surface area (Å²) in [5, 5.41) is 1.23. The van der Waals surface area contributed by atoms with E-state index in [0.717, 1.165) is 16.7 Å². The van der Waals surface area contributed by atoms with Crippen LogP contribution in [0, 0.1) is 0 Å². The zero-order chi connectivity index (χ0) is 30.6. The predicted molar refractivity (Wildman–Crippen MR) is 194 cm³/mol. The summed E-state index contributed by atoms with van der Waals surface area (Å²) < 4.78 is 0. The average molecular weight is 660 g/mol. The third kappa shape index (κ3) is 5.92. The van der Waals surface area contributed by atoms with Crippen molar-refractivity contribution < 1.29 is 0 Å². The van der Waals surface area contributed by atoms with Crippen molar-refractivity contribution in [2.75, 3.05) is 6.67 Å². The van der Waals surface area contributed by atoms with Crippen LogP contribution in [0.4, 0.5) is 0 Å². The van der Waals surface area contributed by atoms with Gasteiger partial charge in [-0.2, -0.15) is 0 Å². The summed E-state index contributed by atoms with van der Waals surface area (Å²) in [6.45, 7) is 0.628. The first kappa shape index (κ1) is 31.5. The van der Waals surface area contributed by atoms with Crippen LogP contribution in [0.25, 0.3) is 11.1 Å². The molecule has 2 nitrogen and oxygen atoms in total. The maximum atomic E-state index is 7.10. The third-order valence-corrected chi connectivity index (χ3v) is 9.22. The average Bonchev–Trinajstić information content (AvgIpc) is 3.58. The number of hydrogen-bond donors (Lipinski definition) is 0. The molecule has 0 bridgehead atoms. The van der Waals surface area contributed by atoms with Crippen molar-refractivity contribution in [3.05, 3.63) is 214 Å². The molecule has 0 saturated carbocycles. The minimum atomic E-state index is -0.714. The van der Waals surface area contributed by atoms with Crippen molar-refractivity contribution in [2.24, 2.45) is 0 Å². The van der Waals surface area contributed by atoms with Gasteiger partial charge in [0, 0.05) is 28.0 Å². The van der Waals surface area contributed by atoms with Gasteiger partial charge in [-0.15, -0.1) is 12.4 Å². The lowest BCUT2D eigenvalue weighted by Crippen LogP contribution is -2.47. The van der Waals surface area contributed by atoms with Crippen LogP contribution in [-0.2, 0) is 5.54 Å². The molecule has 5 heteroatoms. The van der Waals surface area contributed by atoms with Crippen molar-refractivity contribution in [1.82, 2.24) is 9.80 Å². The first-order chi connectivity index (χ1) is 22.1.